The SMILES string of the molecule is CC(N)C1CCCN(S(=O)(=O)c2ccccc2C(=O)c2ccccc2)C1. The van der Waals surface area contributed by atoms with Crippen molar-refractivity contribution in [3.63, 3.8) is 0 Å². The number of carbonyl (C=O) groups excluding carboxylic acids is 1. The molecule has 0 bridgehead atoms. The molecule has 26 heavy (non-hydrogen) atoms. The molecule has 3 rings (SSSR count). The van der Waals surface area contributed by atoms with E-state index in [0.717, 1.165) is 12.8 Å². The molecule has 1 aliphatic rings. The number of nitrogens with zero attached hydrogens (tertiary/aromatic N) is 1. The summed E-state index contributed by atoms with van der Waals surface area (Å²) < 4.78 is 28.0. The molecule has 2 aromatic carbocycles. The van der Waals surface area contributed by atoms with Crippen molar-refractivity contribution in [2.45, 2.75) is 30.7 Å². The largest absolute Gasteiger partial charge is 0.328 e. The maximum absolute atomic E-state index is 13.2. The van der Waals surface area contributed by atoms with E-state index in [-0.39, 0.29) is 28.2 Å². The lowest BCUT2D eigenvalue weighted by atomic mass is 9.93. The number of hydrogen-bond acceptors (Lipinski definition) is 4. The van der Waals surface area contributed by atoms with E-state index in [9.17, 15) is 13.2 Å². The average Bonchev–Trinajstić information content (AvgIpc) is 2.68. The quantitative estimate of drug-likeness (QED) is 0.818. The van der Waals surface area contributed by atoms with Gasteiger partial charge in [-0.05, 0) is 37.8 Å². The highest BCUT2D eigenvalue weighted by atomic mass is 32.2. The Bertz CT molecular complexity index is 879. The van der Waals surface area contributed by atoms with Gasteiger partial charge in [0.05, 0.1) is 4.90 Å². The number of ketones is 1. The van der Waals surface area contributed by atoms with Gasteiger partial charge in [-0.1, -0.05) is 42.5 Å². The fourth-order valence-corrected chi connectivity index (χ4v) is 5.11. The molecular weight excluding hydrogens is 348 g/mol. The molecule has 0 aliphatic carbocycles. The molecule has 2 unspecified atom stereocenters. The molecule has 0 spiro atoms. The summed E-state index contributed by atoms with van der Waals surface area (Å²) in [6, 6.07) is 15.1. The van der Waals surface area contributed by atoms with E-state index >= 15 is 0 Å². The molecule has 2 atom stereocenters. The number of piperidine rings is 1. The number of benzene rings is 2. The third kappa shape index (κ3) is 3.72. The van der Waals surface area contributed by atoms with Crippen LogP contribution in [0.3, 0.4) is 0 Å². The Morgan fingerprint density at radius 2 is 1.77 bits per heavy atom. The number of hydrogen-bond donors (Lipinski definition) is 1. The summed E-state index contributed by atoms with van der Waals surface area (Å²) in [5.74, 6) is -0.152. The highest BCUT2D eigenvalue weighted by Gasteiger charge is 2.33. The summed E-state index contributed by atoms with van der Waals surface area (Å²) in [6.07, 6.45) is 1.70. The smallest absolute Gasteiger partial charge is 0.243 e. The van der Waals surface area contributed by atoms with Gasteiger partial charge in [-0.25, -0.2) is 8.42 Å². The number of rotatable bonds is 5. The van der Waals surface area contributed by atoms with E-state index in [1.807, 2.05) is 13.0 Å². The fourth-order valence-electron chi connectivity index (χ4n) is 3.38. The highest BCUT2D eigenvalue weighted by molar-refractivity contribution is 7.89. The van der Waals surface area contributed by atoms with Gasteiger partial charge in [0.25, 0.3) is 0 Å². The summed E-state index contributed by atoms with van der Waals surface area (Å²) in [5, 5.41) is 0. The second kappa shape index (κ2) is 7.70. The first-order valence-corrected chi connectivity index (χ1v) is 10.3. The third-order valence-corrected chi connectivity index (χ3v) is 6.87. The fraction of sp³-hybridized carbons (Fsp3) is 0.350. The zero-order valence-corrected chi connectivity index (χ0v) is 15.7. The maximum Gasteiger partial charge on any atom is 0.243 e. The summed E-state index contributed by atoms with van der Waals surface area (Å²) in [5.41, 5.74) is 6.67. The van der Waals surface area contributed by atoms with Crippen LogP contribution in [0, 0.1) is 5.92 Å². The van der Waals surface area contributed by atoms with Crippen molar-refractivity contribution in [2.75, 3.05) is 13.1 Å². The predicted octanol–water partition coefficient (Wildman–Crippen LogP) is 2.67. The van der Waals surface area contributed by atoms with E-state index in [0.29, 0.717) is 18.7 Å². The van der Waals surface area contributed by atoms with Crippen LogP contribution in [0.5, 0.6) is 0 Å². The highest BCUT2D eigenvalue weighted by Crippen LogP contribution is 2.28. The van der Waals surface area contributed by atoms with E-state index in [1.165, 1.54) is 10.4 Å². The van der Waals surface area contributed by atoms with Crippen molar-refractivity contribution in [1.29, 1.82) is 0 Å². The Labute approximate surface area is 154 Å². The lowest BCUT2D eigenvalue weighted by molar-refractivity contribution is 0.103. The molecule has 1 aliphatic heterocycles. The molecule has 0 saturated carbocycles. The molecule has 2 N–H and O–H groups in total. The second-order valence-electron chi connectivity index (χ2n) is 6.82. The maximum atomic E-state index is 13.2. The third-order valence-electron chi connectivity index (χ3n) is 4.95. The van der Waals surface area contributed by atoms with Crippen LogP contribution in [0.4, 0.5) is 0 Å². The zero-order valence-electron chi connectivity index (χ0n) is 14.8. The first-order chi connectivity index (χ1) is 12.4. The minimum Gasteiger partial charge on any atom is -0.328 e. The Hall–Kier alpha value is -2.02. The molecule has 6 heteroatoms. The average molecular weight is 372 g/mol. The van der Waals surface area contributed by atoms with Gasteiger partial charge in [0.1, 0.15) is 0 Å². The van der Waals surface area contributed by atoms with Crippen LogP contribution in [0.1, 0.15) is 35.7 Å². The molecule has 2 aromatic rings. The molecule has 138 valence electrons. The van der Waals surface area contributed by atoms with Gasteiger partial charge in [0.2, 0.25) is 10.0 Å². The minimum absolute atomic E-state index is 0.0609. The number of sulfonamides is 1. The Kier molecular flexibility index (Phi) is 5.55. The van der Waals surface area contributed by atoms with E-state index in [2.05, 4.69) is 0 Å². The number of carbonyl (C=O) groups is 1. The Morgan fingerprint density at radius 3 is 2.46 bits per heavy atom. The van der Waals surface area contributed by atoms with Crippen molar-refractivity contribution < 1.29 is 13.2 Å². The van der Waals surface area contributed by atoms with Gasteiger partial charge in [0.15, 0.2) is 5.78 Å². The van der Waals surface area contributed by atoms with Gasteiger partial charge in [-0.15, -0.1) is 0 Å². The molecule has 5 nitrogen and oxygen atoms in total. The normalized spacial score (nSPS) is 19.8. The van der Waals surface area contributed by atoms with Crippen LogP contribution in [0.15, 0.2) is 59.5 Å². The summed E-state index contributed by atoms with van der Waals surface area (Å²) in [4.78, 5) is 12.9. The topological polar surface area (TPSA) is 80.5 Å². The molecule has 0 radical (unpaired) electrons. The number of nitrogens with two attached hydrogens (primary N) is 1. The molecule has 1 fully saturated rings. The monoisotopic (exact) mass is 372 g/mol. The molecule has 1 saturated heterocycles. The lowest BCUT2D eigenvalue weighted by Crippen LogP contribution is -2.45. The second-order valence-corrected chi connectivity index (χ2v) is 8.72. The minimum atomic E-state index is -3.76. The Balaban J connectivity index is 1.97. The first kappa shape index (κ1) is 18.8. The summed E-state index contributed by atoms with van der Waals surface area (Å²) in [6.45, 7) is 2.76. The van der Waals surface area contributed by atoms with E-state index in [1.54, 1.807) is 42.5 Å². The van der Waals surface area contributed by atoms with Crippen molar-refractivity contribution >= 4 is 15.8 Å². The van der Waals surface area contributed by atoms with E-state index in [4.69, 9.17) is 5.73 Å². The first-order valence-electron chi connectivity index (χ1n) is 8.86. The van der Waals surface area contributed by atoms with Crippen LogP contribution >= 0.6 is 0 Å². The van der Waals surface area contributed by atoms with Gasteiger partial charge in [0, 0.05) is 30.3 Å². The van der Waals surface area contributed by atoms with Crippen LogP contribution in [-0.4, -0.2) is 37.6 Å². The van der Waals surface area contributed by atoms with Crippen LogP contribution in [-0.2, 0) is 10.0 Å². The standard InChI is InChI=1S/C20H24N2O3S/c1-15(21)17-10-7-13-22(14-17)26(24,25)19-12-6-5-11-18(19)20(23)16-8-3-2-4-9-16/h2-6,8-9,11-12,15,17H,7,10,13-14,21H2,1H3. The van der Waals surface area contributed by atoms with Gasteiger partial charge in [-0.2, -0.15) is 4.31 Å². The van der Waals surface area contributed by atoms with Gasteiger partial charge in [-0.3, -0.25) is 4.79 Å². The molecule has 0 amide bonds. The van der Waals surface area contributed by atoms with Crippen LogP contribution in [0.25, 0.3) is 0 Å². The van der Waals surface area contributed by atoms with Crippen LogP contribution in [0.2, 0.25) is 0 Å². The Morgan fingerprint density at radius 1 is 1.12 bits per heavy atom. The lowest BCUT2D eigenvalue weighted by Gasteiger charge is -2.34. The van der Waals surface area contributed by atoms with Crippen molar-refractivity contribution in [3.05, 3.63) is 65.7 Å². The van der Waals surface area contributed by atoms with Crippen molar-refractivity contribution in [2.24, 2.45) is 11.7 Å². The van der Waals surface area contributed by atoms with E-state index < -0.39 is 10.0 Å². The summed E-state index contributed by atoms with van der Waals surface area (Å²) in [7, 11) is -3.76. The molecule has 0 aromatic heterocycles. The van der Waals surface area contributed by atoms with Gasteiger partial charge < -0.3 is 5.73 Å². The van der Waals surface area contributed by atoms with Crippen molar-refractivity contribution in [1.82, 2.24) is 4.31 Å². The molecular formula is C20H24N2O3S. The predicted molar refractivity (Wildman–Crippen MR) is 101 cm³/mol. The summed E-state index contributed by atoms with van der Waals surface area (Å²) >= 11 is 0. The van der Waals surface area contributed by atoms with Crippen LogP contribution < -0.4 is 5.73 Å². The zero-order chi connectivity index (χ0) is 18.7. The molecule has 1 heterocycles. The van der Waals surface area contributed by atoms with Crippen molar-refractivity contribution in [3.8, 4) is 0 Å². The van der Waals surface area contributed by atoms with Gasteiger partial charge >= 0.3 is 0 Å².